The summed E-state index contributed by atoms with van der Waals surface area (Å²) in [5.41, 5.74) is 6.34. The van der Waals surface area contributed by atoms with Gasteiger partial charge in [0.05, 0.1) is 11.9 Å². The van der Waals surface area contributed by atoms with E-state index in [2.05, 4.69) is 35.8 Å². The summed E-state index contributed by atoms with van der Waals surface area (Å²) in [6.07, 6.45) is 2.86. The van der Waals surface area contributed by atoms with Crippen LogP contribution in [0.4, 0.5) is 11.5 Å². The second-order valence-corrected chi connectivity index (χ2v) is 4.19. The van der Waals surface area contributed by atoms with Gasteiger partial charge in [-0.2, -0.15) is 0 Å². The first-order chi connectivity index (χ1) is 7.63. The van der Waals surface area contributed by atoms with Crippen molar-refractivity contribution in [1.82, 2.24) is 9.88 Å². The van der Waals surface area contributed by atoms with E-state index in [0.717, 1.165) is 31.9 Å². The summed E-state index contributed by atoms with van der Waals surface area (Å²) in [7, 11) is 4.19. The Morgan fingerprint density at radius 1 is 1.25 bits per heavy atom. The first-order valence-electron chi connectivity index (χ1n) is 5.74. The molecule has 0 saturated carbocycles. The van der Waals surface area contributed by atoms with E-state index in [4.69, 9.17) is 5.73 Å². The molecule has 0 bridgehead atoms. The number of aromatic nitrogens is 1. The predicted molar refractivity (Wildman–Crippen MR) is 69.7 cm³/mol. The number of hydrogen-bond acceptors (Lipinski definition) is 4. The van der Waals surface area contributed by atoms with E-state index in [9.17, 15) is 0 Å². The molecule has 0 spiro atoms. The molecule has 0 aromatic carbocycles. The molecule has 0 fully saturated rings. The van der Waals surface area contributed by atoms with Gasteiger partial charge in [-0.1, -0.05) is 0 Å². The van der Waals surface area contributed by atoms with Crippen LogP contribution in [-0.4, -0.2) is 43.6 Å². The fraction of sp³-hybridized carbons (Fsp3) is 0.583. The van der Waals surface area contributed by atoms with Crippen LogP contribution >= 0.6 is 0 Å². The SMILES string of the molecule is CCN(CCCN(C)C)c1ccc(N)cn1. The van der Waals surface area contributed by atoms with E-state index in [1.54, 1.807) is 6.20 Å². The van der Waals surface area contributed by atoms with Gasteiger partial charge in [0.15, 0.2) is 0 Å². The van der Waals surface area contributed by atoms with E-state index in [-0.39, 0.29) is 0 Å². The number of pyridine rings is 1. The third-order valence-corrected chi connectivity index (χ3v) is 2.51. The molecule has 0 amide bonds. The van der Waals surface area contributed by atoms with Crippen molar-refractivity contribution in [3.05, 3.63) is 18.3 Å². The molecule has 90 valence electrons. The van der Waals surface area contributed by atoms with Gasteiger partial charge in [0.25, 0.3) is 0 Å². The molecule has 4 heteroatoms. The second-order valence-electron chi connectivity index (χ2n) is 4.19. The van der Waals surface area contributed by atoms with Crippen molar-refractivity contribution in [3.63, 3.8) is 0 Å². The van der Waals surface area contributed by atoms with E-state index in [0.29, 0.717) is 5.69 Å². The summed E-state index contributed by atoms with van der Waals surface area (Å²) in [4.78, 5) is 8.80. The zero-order valence-corrected chi connectivity index (χ0v) is 10.5. The minimum Gasteiger partial charge on any atom is -0.397 e. The highest BCUT2D eigenvalue weighted by molar-refractivity contribution is 5.45. The molecule has 4 nitrogen and oxygen atoms in total. The third kappa shape index (κ3) is 4.06. The zero-order chi connectivity index (χ0) is 12.0. The van der Waals surface area contributed by atoms with Crippen molar-refractivity contribution in [2.75, 3.05) is 44.4 Å². The van der Waals surface area contributed by atoms with E-state index >= 15 is 0 Å². The van der Waals surface area contributed by atoms with E-state index < -0.39 is 0 Å². The third-order valence-electron chi connectivity index (χ3n) is 2.51. The normalized spacial score (nSPS) is 10.8. The van der Waals surface area contributed by atoms with Crippen molar-refractivity contribution >= 4 is 11.5 Å². The predicted octanol–water partition coefficient (Wildman–Crippen LogP) is 1.44. The van der Waals surface area contributed by atoms with Crippen molar-refractivity contribution < 1.29 is 0 Å². The van der Waals surface area contributed by atoms with Gasteiger partial charge in [-0.05, 0) is 46.1 Å². The van der Waals surface area contributed by atoms with Gasteiger partial charge in [0.2, 0.25) is 0 Å². The average molecular weight is 222 g/mol. The lowest BCUT2D eigenvalue weighted by Crippen LogP contribution is -2.27. The lowest BCUT2D eigenvalue weighted by Gasteiger charge is -2.22. The molecule has 1 aromatic heterocycles. The highest BCUT2D eigenvalue weighted by Gasteiger charge is 2.04. The molecule has 2 N–H and O–H groups in total. The molecule has 1 heterocycles. The molecule has 0 atom stereocenters. The number of hydrogen-bond donors (Lipinski definition) is 1. The highest BCUT2D eigenvalue weighted by Crippen LogP contribution is 2.12. The van der Waals surface area contributed by atoms with E-state index in [1.165, 1.54) is 0 Å². The second kappa shape index (κ2) is 6.33. The minimum absolute atomic E-state index is 0.716. The molecular formula is C12H22N4. The average Bonchev–Trinajstić information content (AvgIpc) is 2.26. The Morgan fingerprint density at radius 2 is 2.00 bits per heavy atom. The Bertz CT molecular complexity index is 294. The van der Waals surface area contributed by atoms with Crippen molar-refractivity contribution in [2.45, 2.75) is 13.3 Å². The summed E-state index contributed by atoms with van der Waals surface area (Å²) in [5.74, 6) is 1.01. The van der Waals surface area contributed by atoms with Crippen molar-refractivity contribution in [1.29, 1.82) is 0 Å². The molecule has 16 heavy (non-hydrogen) atoms. The summed E-state index contributed by atoms with van der Waals surface area (Å²) in [6.45, 7) is 5.26. The largest absolute Gasteiger partial charge is 0.397 e. The Morgan fingerprint density at radius 3 is 2.50 bits per heavy atom. The maximum absolute atomic E-state index is 5.62. The van der Waals surface area contributed by atoms with Crippen LogP contribution < -0.4 is 10.6 Å². The molecular weight excluding hydrogens is 200 g/mol. The fourth-order valence-electron chi connectivity index (χ4n) is 1.60. The molecule has 1 rings (SSSR count). The van der Waals surface area contributed by atoms with Crippen LogP contribution in [-0.2, 0) is 0 Å². The Kier molecular flexibility index (Phi) is 5.05. The summed E-state index contributed by atoms with van der Waals surface area (Å²) < 4.78 is 0. The van der Waals surface area contributed by atoms with E-state index in [1.807, 2.05) is 12.1 Å². The fourth-order valence-corrected chi connectivity index (χ4v) is 1.60. The smallest absolute Gasteiger partial charge is 0.128 e. The summed E-state index contributed by atoms with van der Waals surface area (Å²) in [5, 5.41) is 0. The van der Waals surface area contributed by atoms with Crippen LogP contribution in [0.3, 0.4) is 0 Å². The topological polar surface area (TPSA) is 45.4 Å². The number of nitrogens with two attached hydrogens (primary N) is 1. The van der Waals surface area contributed by atoms with Crippen LogP contribution in [0.1, 0.15) is 13.3 Å². The maximum Gasteiger partial charge on any atom is 0.128 e. The number of rotatable bonds is 6. The van der Waals surface area contributed by atoms with Gasteiger partial charge in [0, 0.05) is 13.1 Å². The number of nitrogens with zero attached hydrogens (tertiary/aromatic N) is 3. The molecule has 0 aliphatic heterocycles. The van der Waals surface area contributed by atoms with Gasteiger partial charge in [-0.3, -0.25) is 0 Å². The monoisotopic (exact) mass is 222 g/mol. The van der Waals surface area contributed by atoms with Gasteiger partial charge in [0.1, 0.15) is 5.82 Å². The zero-order valence-electron chi connectivity index (χ0n) is 10.5. The minimum atomic E-state index is 0.716. The first-order valence-corrected chi connectivity index (χ1v) is 5.74. The van der Waals surface area contributed by atoms with Crippen LogP contribution in [0.5, 0.6) is 0 Å². The molecule has 0 saturated heterocycles. The Labute approximate surface area is 98.1 Å². The van der Waals surface area contributed by atoms with Crippen molar-refractivity contribution in [2.24, 2.45) is 0 Å². The molecule has 0 radical (unpaired) electrons. The first kappa shape index (κ1) is 12.8. The standard InChI is InChI=1S/C12H22N4/c1-4-16(9-5-8-15(2)3)12-7-6-11(13)10-14-12/h6-7,10H,4-5,8-9,13H2,1-3H3. The van der Waals surface area contributed by atoms with Gasteiger partial charge < -0.3 is 15.5 Å². The van der Waals surface area contributed by atoms with Crippen LogP contribution in [0.2, 0.25) is 0 Å². The number of anilines is 2. The van der Waals surface area contributed by atoms with Gasteiger partial charge >= 0.3 is 0 Å². The molecule has 0 aliphatic carbocycles. The quantitative estimate of drug-likeness (QED) is 0.791. The van der Waals surface area contributed by atoms with Crippen molar-refractivity contribution in [3.8, 4) is 0 Å². The summed E-state index contributed by atoms with van der Waals surface area (Å²) in [6, 6.07) is 3.88. The van der Waals surface area contributed by atoms with Gasteiger partial charge in [-0.15, -0.1) is 0 Å². The molecule has 1 aromatic rings. The Hall–Kier alpha value is -1.29. The molecule has 0 unspecified atom stereocenters. The Balaban J connectivity index is 2.50. The maximum atomic E-state index is 5.62. The number of nitrogen functional groups attached to an aromatic ring is 1. The van der Waals surface area contributed by atoms with Crippen LogP contribution in [0.15, 0.2) is 18.3 Å². The summed E-state index contributed by atoms with van der Waals surface area (Å²) >= 11 is 0. The van der Waals surface area contributed by atoms with Crippen LogP contribution in [0, 0.1) is 0 Å². The molecule has 0 aliphatic rings. The van der Waals surface area contributed by atoms with Gasteiger partial charge in [-0.25, -0.2) is 4.98 Å². The highest BCUT2D eigenvalue weighted by atomic mass is 15.2. The lowest BCUT2D eigenvalue weighted by atomic mass is 10.3. The lowest BCUT2D eigenvalue weighted by molar-refractivity contribution is 0.400. The van der Waals surface area contributed by atoms with Crippen LogP contribution in [0.25, 0.3) is 0 Å².